The van der Waals surface area contributed by atoms with E-state index in [0.717, 1.165) is 19.0 Å². The maximum absolute atomic E-state index is 5.92. The Morgan fingerprint density at radius 2 is 2.42 bits per heavy atom. The summed E-state index contributed by atoms with van der Waals surface area (Å²) in [5, 5.41) is 6.50. The molecule has 70 valence electrons. The first kappa shape index (κ1) is 8.44. The normalized spacial score (nSPS) is 38.5. The summed E-state index contributed by atoms with van der Waals surface area (Å²) in [5.41, 5.74) is 5.92. The van der Waals surface area contributed by atoms with Gasteiger partial charge in [0.15, 0.2) is 0 Å². The number of likely N-dealkylation sites (tertiary alicyclic amines) is 1. The van der Waals surface area contributed by atoms with Crippen molar-refractivity contribution in [1.29, 1.82) is 0 Å². The van der Waals surface area contributed by atoms with Crippen LogP contribution in [0.2, 0.25) is 0 Å². The third kappa shape index (κ3) is 1.25. The van der Waals surface area contributed by atoms with Crippen molar-refractivity contribution in [3.8, 4) is 0 Å². The maximum atomic E-state index is 5.92. The molecule has 4 nitrogen and oxygen atoms in total. The molecule has 0 radical (unpaired) electrons. The van der Waals surface area contributed by atoms with Gasteiger partial charge in [-0.15, -0.1) is 0 Å². The quantitative estimate of drug-likeness (QED) is 0.453. The van der Waals surface area contributed by atoms with Crippen LogP contribution in [-0.4, -0.2) is 43.9 Å². The van der Waals surface area contributed by atoms with Gasteiger partial charge in [-0.05, 0) is 25.9 Å². The Labute approximate surface area is 73.5 Å². The van der Waals surface area contributed by atoms with Crippen LogP contribution in [0.3, 0.4) is 0 Å². The number of nitrogens with zero attached hydrogens (tertiary/aromatic N) is 1. The molecule has 0 saturated carbocycles. The van der Waals surface area contributed by atoms with E-state index in [1.54, 1.807) is 0 Å². The van der Waals surface area contributed by atoms with Crippen molar-refractivity contribution in [2.75, 3.05) is 26.7 Å². The molecule has 0 aliphatic carbocycles. The zero-order chi connectivity index (χ0) is 8.55. The molecule has 0 aromatic rings. The SMILES string of the molecule is CNC(N)N1CCC2CNCC21. The summed E-state index contributed by atoms with van der Waals surface area (Å²) in [6.45, 7) is 3.44. The lowest BCUT2D eigenvalue weighted by Crippen LogP contribution is -2.53. The second-order valence-electron chi connectivity index (χ2n) is 3.75. The van der Waals surface area contributed by atoms with Crippen LogP contribution >= 0.6 is 0 Å². The van der Waals surface area contributed by atoms with Gasteiger partial charge >= 0.3 is 0 Å². The topological polar surface area (TPSA) is 53.3 Å². The van der Waals surface area contributed by atoms with Gasteiger partial charge in [-0.3, -0.25) is 10.2 Å². The molecule has 2 heterocycles. The first-order valence-corrected chi connectivity index (χ1v) is 4.72. The molecule has 0 amide bonds. The standard InChI is InChI=1S/C8H18N4/c1-10-8(9)12-3-2-6-4-11-5-7(6)12/h6-8,10-11H,2-5,9H2,1H3. The molecule has 0 spiro atoms. The Kier molecular flexibility index (Phi) is 2.32. The van der Waals surface area contributed by atoms with Crippen LogP contribution in [0.15, 0.2) is 0 Å². The monoisotopic (exact) mass is 170 g/mol. The Hall–Kier alpha value is -0.160. The summed E-state index contributed by atoms with van der Waals surface area (Å²) in [6.07, 6.45) is 1.34. The highest BCUT2D eigenvalue weighted by Gasteiger charge is 2.39. The summed E-state index contributed by atoms with van der Waals surface area (Å²) in [5.74, 6) is 0.837. The van der Waals surface area contributed by atoms with Crippen molar-refractivity contribution in [1.82, 2.24) is 15.5 Å². The predicted octanol–water partition coefficient (Wildman–Crippen LogP) is -1.26. The molecular weight excluding hydrogens is 152 g/mol. The van der Waals surface area contributed by atoms with E-state index in [2.05, 4.69) is 15.5 Å². The highest BCUT2D eigenvalue weighted by atomic mass is 15.4. The second-order valence-corrected chi connectivity index (χ2v) is 3.75. The van der Waals surface area contributed by atoms with E-state index in [9.17, 15) is 0 Å². The van der Waals surface area contributed by atoms with Crippen LogP contribution in [-0.2, 0) is 0 Å². The molecule has 0 aromatic carbocycles. The summed E-state index contributed by atoms with van der Waals surface area (Å²) < 4.78 is 0. The molecule has 0 bridgehead atoms. The Balaban J connectivity index is 1.99. The molecule has 4 heteroatoms. The molecule has 3 atom stereocenters. The van der Waals surface area contributed by atoms with Gasteiger partial charge in [0, 0.05) is 19.1 Å². The summed E-state index contributed by atoms with van der Waals surface area (Å²) in [6, 6.07) is 0.674. The summed E-state index contributed by atoms with van der Waals surface area (Å²) in [4.78, 5) is 2.37. The molecule has 2 aliphatic heterocycles. The lowest BCUT2D eigenvalue weighted by atomic mass is 10.1. The van der Waals surface area contributed by atoms with Gasteiger partial charge < -0.3 is 11.1 Å². The number of fused-ring (bicyclic) bond motifs is 1. The van der Waals surface area contributed by atoms with E-state index in [1.807, 2.05) is 7.05 Å². The first-order chi connectivity index (χ1) is 5.83. The average molecular weight is 170 g/mol. The van der Waals surface area contributed by atoms with Gasteiger partial charge in [-0.2, -0.15) is 0 Å². The van der Waals surface area contributed by atoms with Gasteiger partial charge in [0.25, 0.3) is 0 Å². The van der Waals surface area contributed by atoms with Gasteiger partial charge in [0.2, 0.25) is 0 Å². The van der Waals surface area contributed by atoms with Crippen molar-refractivity contribution in [2.45, 2.75) is 18.8 Å². The predicted molar refractivity (Wildman–Crippen MR) is 48.5 cm³/mol. The number of nitrogens with two attached hydrogens (primary N) is 1. The highest BCUT2D eigenvalue weighted by Crippen LogP contribution is 2.26. The van der Waals surface area contributed by atoms with E-state index < -0.39 is 0 Å². The number of hydrogen-bond acceptors (Lipinski definition) is 4. The van der Waals surface area contributed by atoms with Crippen molar-refractivity contribution in [3.63, 3.8) is 0 Å². The minimum absolute atomic E-state index is 0.0416. The van der Waals surface area contributed by atoms with E-state index in [-0.39, 0.29) is 6.29 Å². The summed E-state index contributed by atoms with van der Waals surface area (Å²) in [7, 11) is 1.92. The van der Waals surface area contributed by atoms with Gasteiger partial charge in [-0.1, -0.05) is 0 Å². The zero-order valence-corrected chi connectivity index (χ0v) is 7.59. The van der Waals surface area contributed by atoms with Crippen molar-refractivity contribution < 1.29 is 0 Å². The van der Waals surface area contributed by atoms with Crippen LogP contribution in [0, 0.1) is 5.92 Å². The van der Waals surface area contributed by atoms with Crippen molar-refractivity contribution in [3.05, 3.63) is 0 Å². The van der Waals surface area contributed by atoms with Gasteiger partial charge in [-0.25, -0.2) is 0 Å². The van der Waals surface area contributed by atoms with Crippen molar-refractivity contribution >= 4 is 0 Å². The second kappa shape index (κ2) is 3.30. The third-order valence-electron chi connectivity index (χ3n) is 3.14. The van der Waals surface area contributed by atoms with Gasteiger partial charge in [0.05, 0.1) is 0 Å². The lowest BCUT2D eigenvalue weighted by Gasteiger charge is -2.28. The fraction of sp³-hybridized carbons (Fsp3) is 1.00. The van der Waals surface area contributed by atoms with Crippen molar-refractivity contribution in [2.24, 2.45) is 11.7 Å². The number of rotatable bonds is 2. The first-order valence-electron chi connectivity index (χ1n) is 4.72. The summed E-state index contributed by atoms with van der Waals surface area (Å²) >= 11 is 0. The third-order valence-corrected chi connectivity index (χ3v) is 3.14. The van der Waals surface area contributed by atoms with Crippen LogP contribution in [0.25, 0.3) is 0 Å². The number of nitrogens with one attached hydrogen (secondary N) is 2. The molecule has 2 saturated heterocycles. The molecular formula is C8H18N4. The van der Waals surface area contributed by atoms with Crippen LogP contribution in [0.5, 0.6) is 0 Å². The minimum Gasteiger partial charge on any atom is -0.315 e. The lowest BCUT2D eigenvalue weighted by molar-refractivity contribution is 0.161. The molecule has 2 aliphatic rings. The van der Waals surface area contributed by atoms with Crippen LogP contribution in [0.1, 0.15) is 6.42 Å². The maximum Gasteiger partial charge on any atom is 0.111 e. The molecule has 0 aromatic heterocycles. The molecule has 12 heavy (non-hydrogen) atoms. The largest absolute Gasteiger partial charge is 0.315 e. The van der Waals surface area contributed by atoms with E-state index >= 15 is 0 Å². The van der Waals surface area contributed by atoms with E-state index in [0.29, 0.717) is 6.04 Å². The Morgan fingerprint density at radius 1 is 1.58 bits per heavy atom. The molecule has 2 fully saturated rings. The van der Waals surface area contributed by atoms with Gasteiger partial charge in [0.1, 0.15) is 6.29 Å². The smallest absolute Gasteiger partial charge is 0.111 e. The minimum atomic E-state index is 0.0416. The molecule has 3 unspecified atom stereocenters. The highest BCUT2D eigenvalue weighted by molar-refractivity contribution is 4.95. The number of hydrogen-bond donors (Lipinski definition) is 3. The van der Waals surface area contributed by atoms with Crippen LogP contribution in [0.4, 0.5) is 0 Å². The Bertz CT molecular complexity index is 161. The van der Waals surface area contributed by atoms with E-state index in [1.165, 1.54) is 13.0 Å². The zero-order valence-electron chi connectivity index (χ0n) is 7.59. The molecule has 2 rings (SSSR count). The van der Waals surface area contributed by atoms with E-state index in [4.69, 9.17) is 5.73 Å². The van der Waals surface area contributed by atoms with Crippen LogP contribution < -0.4 is 16.4 Å². The average Bonchev–Trinajstić information content (AvgIpc) is 2.62. The molecule has 4 N–H and O–H groups in total. The Morgan fingerprint density at radius 3 is 3.17 bits per heavy atom. The fourth-order valence-electron chi connectivity index (χ4n) is 2.39. The fourth-order valence-corrected chi connectivity index (χ4v) is 2.39.